The summed E-state index contributed by atoms with van der Waals surface area (Å²) in [6.07, 6.45) is 8.32. The average molecular weight is 754 g/mol. The zero-order valence-corrected chi connectivity index (χ0v) is 35.1. The van der Waals surface area contributed by atoms with Crippen LogP contribution in [0.4, 0.5) is 17.1 Å². The maximum Gasteiger partial charge on any atom is 0.0502 e. The Kier molecular flexibility index (Phi) is 6.36. The van der Waals surface area contributed by atoms with Crippen molar-refractivity contribution in [2.45, 2.75) is 102 Å². The molecule has 0 aliphatic heterocycles. The van der Waals surface area contributed by atoms with Crippen molar-refractivity contribution >= 4 is 17.1 Å². The monoisotopic (exact) mass is 753 g/mol. The molecule has 4 fully saturated rings. The molecule has 0 saturated heterocycles. The highest BCUT2D eigenvalue weighted by Crippen LogP contribution is 2.89. The van der Waals surface area contributed by atoms with E-state index in [1.54, 1.807) is 11.1 Å². The third-order valence-electron chi connectivity index (χ3n) is 18.0. The highest BCUT2D eigenvalue weighted by molar-refractivity contribution is 5.89. The first kappa shape index (κ1) is 34.0. The van der Waals surface area contributed by atoms with E-state index < -0.39 is 0 Å². The van der Waals surface area contributed by atoms with Crippen LogP contribution in [0.25, 0.3) is 33.4 Å². The first-order valence-corrected chi connectivity index (χ1v) is 22.5. The average Bonchev–Trinajstić information content (AvgIpc) is 3.92. The number of benzene rings is 6. The molecule has 7 aliphatic carbocycles. The number of hydrogen-bond acceptors (Lipinski definition) is 1. The van der Waals surface area contributed by atoms with Gasteiger partial charge >= 0.3 is 0 Å². The fourth-order valence-electron chi connectivity index (χ4n) is 15.5. The smallest absolute Gasteiger partial charge is 0.0502 e. The van der Waals surface area contributed by atoms with Crippen LogP contribution in [0.3, 0.4) is 0 Å². The van der Waals surface area contributed by atoms with Gasteiger partial charge in [0.2, 0.25) is 0 Å². The van der Waals surface area contributed by atoms with Crippen LogP contribution in [0, 0.1) is 29.1 Å². The fourth-order valence-corrected chi connectivity index (χ4v) is 15.5. The Bertz CT molecular complexity index is 2760. The molecule has 0 radical (unpaired) electrons. The highest BCUT2D eigenvalue weighted by atomic mass is 15.1. The number of hydrogen-bond donors (Lipinski definition) is 0. The third kappa shape index (κ3) is 3.91. The molecule has 6 aromatic rings. The molecule has 0 heterocycles. The largest absolute Gasteiger partial charge is 0.310 e. The van der Waals surface area contributed by atoms with Crippen LogP contribution >= 0.6 is 0 Å². The number of anilines is 3. The van der Waals surface area contributed by atoms with Crippen molar-refractivity contribution in [2.24, 2.45) is 29.1 Å². The van der Waals surface area contributed by atoms with Gasteiger partial charge in [-0.05, 0) is 182 Å². The van der Waals surface area contributed by atoms with Crippen molar-refractivity contribution in [3.05, 3.63) is 161 Å². The molecule has 6 aromatic carbocycles. The second-order valence-corrected chi connectivity index (χ2v) is 21.6. The van der Waals surface area contributed by atoms with E-state index in [0.717, 1.165) is 23.7 Å². The standard InChI is InChI=1S/C57H55N/c1-53(2)26-27-54(3,4)52-47(53)16-11-17-49(52)58(39-23-24-42-40-12-7-9-14-44(40)55(5,6)48(42)32-39)38-21-18-35(19-22-38)36-20-25-46-43(30-36)41-13-8-10-15-45(41)57(46)50-29-34-28-37-31-51(57)56(37,50)33-34/h7-25,30,32,34,37,50-51H,26-29,31,33H2,1-6H3. The summed E-state index contributed by atoms with van der Waals surface area (Å²) in [4.78, 5) is 2.58. The van der Waals surface area contributed by atoms with E-state index in [2.05, 4.69) is 174 Å². The van der Waals surface area contributed by atoms with E-state index in [4.69, 9.17) is 0 Å². The van der Waals surface area contributed by atoms with Crippen LogP contribution in [-0.4, -0.2) is 0 Å². The quantitative estimate of drug-likeness (QED) is 0.173. The van der Waals surface area contributed by atoms with Crippen LogP contribution in [0.15, 0.2) is 127 Å². The van der Waals surface area contributed by atoms with E-state index in [-0.39, 0.29) is 21.7 Å². The normalized spacial score (nSPS) is 29.7. The van der Waals surface area contributed by atoms with Crippen molar-refractivity contribution in [3.8, 4) is 33.4 Å². The molecule has 6 atom stereocenters. The maximum atomic E-state index is 2.58. The molecular formula is C57H55N. The molecule has 4 saturated carbocycles. The minimum absolute atomic E-state index is 0.0580. The summed E-state index contributed by atoms with van der Waals surface area (Å²) in [5.41, 5.74) is 22.3. The van der Waals surface area contributed by atoms with Crippen LogP contribution in [0.1, 0.15) is 113 Å². The van der Waals surface area contributed by atoms with E-state index in [9.17, 15) is 0 Å². The van der Waals surface area contributed by atoms with Crippen LogP contribution < -0.4 is 4.90 Å². The predicted octanol–water partition coefficient (Wildman–Crippen LogP) is 14.8. The van der Waals surface area contributed by atoms with Gasteiger partial charge < -0.3 is 4.90 Å². The fraction of sp³-hybridized carbons (Fsp3) is 0.368. The summed E-state index contributed by atoms with van der Waals surface area (Å²) in [5, 5.41) is 0. The summed E-state index contributed by atoms with van der Waals surface area (Å²) in [6, 6.07) is 50.1. The van der Waals surface area contributed by atoms with Gasteiger partial charge in [0.1, 0.15) is 0 Å². The molecule has 2 bridgehead atoms. The van der Waals surface area contributed by atoms with E-state index in [1.807, 2.05) is 0 Å². The Morgan fingerprint density at radius 2 is 1.12 bits per heavy atom. The van der Waals surface area contributed by atoms with Gasteiger partial charge in [-0.1, -0.05) is 133 Å². The Balaban J connectivity index is 0.937. The lowest BCUT2D eigenvalue weighted by Crippen LogP contribution is -2.73. The molecule has 2 spiro atoms. The first-order valence-electron chi connectivity index (χ1n) is 22.5. The summed E-state index contributed by atoms with van der Waals surface area (Å²) in [5.74, 6) is 3.68. The Labute approximate surface area is 345 Å². The summed E-state index contributed by atoms with van der Waals surface area (Å²) < 4.78 is 0. The van der Waals surface area contributed by atoms with Crippen molar-refractivity contribution in [1.29, 1.82) is 0 Å². The zero-order chi connectivity index (χ0) is 39.1. The predicted molar refractivity (Wildman–Crippen MR) is 240 cm³/mol. The molecule has 1 heteroatoms. The van der Waals surface area contributed by atoms with E-state index in [1.165, 1.54) is 111 Å². The molecule has 1 nitrogen and oxygen atoms in total. The lowest BCUT2D eigenvalue weighted by Gasteiger charge is -2.76. The van der Waals surface area contributed by atoms with Gasteiger partial charge in [-0.3, -0.25) is 0 Å². The Morgan fingerprint density at radius 1 is 0.483 bits per heavy atom. The van der Waals surface area contributed by atoms with Gasteiger partial charge in [0.05, 0.1) is 5.69 Å². The summed E-state index contributed by atoms with van der Waals surface area (Å²) >= 11 is 0. The lowest BCUT2D eigenvalue weighted by atomic mass is 9.27. The molecule has 58 heavy (non-hydrogen) atoms. The van der Waals surface area contributed by atoms with Gasteiger partial charge in [0, 0.05) is 22.2 Å². The minimum Gasteiger partial charge on any atom is -0.310 e. The topological polar surface area (TPSA) is 3.24 Å². The van der Waals surface area contributed by atoms with E-state index in [0.29, 0.717) is 5.41 Å². The van der Waals surface area contributed by atoms with E-state index >= 15 is 0 Å². The Morgan fingerprint density at radius 3 is 1.91 bits per heavy atom. The second kappa shape index (κ2) is 10.8. The third-order valence-corrected chi connectivity index (χ3v) is 18.0. The zero-order valence-electron chi connectivity index (χ0n) is 35.1. The van der Waals surface area contributed by atoms with Crippen LogP contribution in [0.5, 0.6) is 0 Å². The molecule has 13 rings (SSSR count). The number of rotatable bonds is 4. The van der Waals surface area contributed by atoms with Crippen molar-refractivity contribution in [3.63, 3.8) is 0 Å². The van der Waals surface area contributed by atoms with Crippen LogP contribution in [0.2, 0.25) is 0 Å². The molecule has 288 valence electrons. The SMILES string of the molecule is CC1(C)CCC(C)(C)c2c(N(c3ccc(-c4ccc5c(c4)-c4ccccc4C54C5CC6CC7CC4C75C6)cc3)c3ccc4c(c3)C(C)(C)c3ccccc3-4)cccc21. The van der Waals surface area contributed by atoms with Gasteiger partial charge in [-0.2, -0.15) is 0 Å². The molecule has 0 aromatic heterocycles. The number of fused-ring (bicyclic) bond motifs is 12. The van der Waals surface area contributed by atoms with Gasteiger partial charge in [0.15, 0.2) is 0 Å². The van der Waals surface area contributed by atoms with Crippen molar-refractivity contribution < 1.29 is 0 Å². The van der Waals surface area contributed by atoms with Crippen molar-refractivity contribution in [2.75, 3.05) is 4.90 Å². The van der Waals surface area contributed by atoms with Crippen molar-refractivity contribution in [1.82, 2.24) is 0 Å². The molecule has 7 aliphatic rings. The first-order chi connectivity index (χ1) is 27.9. The molecular weight excluding hydrogens is 699 g/mol. The maximum absolute atomic E-state index is 2.58. The lowest BCUT2D eigenvalue weighted by molar-refractivity contribution is -0.231. The van der Waals surface area contributed by atoms with Gasteiger partial charge in [-0.15, -0.1) is 0 Å². The molecule has 6 unspecified atom stereocenters. The Hall–Kier alpha value is -4.88. The second-order valence-electron chi connectivity index (χ2n) is 21.6. The van der Waals surface area contributed by atoms with Crippen LogP contribution in [-0.2, 0) is 21.7 Å². The van der Waals surface area contributed by atoms with Gasteiger partial charge in [0.25, 0.3) is 0 Å². The summed E-state index contributed by atoms with van der Waals surface area (Å²) in [6.45, 7) is 14.6. The highest BCUT2D eigenvalue weighted by Gasteiger charge is 2.84. The molecule has 0 amide bonds. The summed E-state index contributed by atoms with van der Waals surface area (Å²) in [7, 11) is 0. The minimum atomic E-state index is -0.0721. The van der Waals surface area contributed by atoms with Gasteiger partial charge in [-0.25, -0.2) is 0 Å². The molecule has 0 N–H and O–H groups in total. The number of nitrogens with zero attached hydrogens (tertiary/aromatic N) is 1.